The molecule has 7 nitrogen and oxygen atoms in total. The van der Waals surface area contributed by atoms with Crippen LogP contribution in [0.1, 0.15) is 22.5 Å². The lowest BCUT2D eigenvalue weighted by molar-refractivity contribution is 0.117. The number of terminal acetylenes is 1. The molecule has 1 N–H and O–H groups in total. The van der Waals surface area contributed by atoms with Gasteiger partial charge in [0, 0.05) is 46.4 Å². The minimum atomic E-state index is -1.54. The lowest BCUT2D eigenvalue weighted by Crippen LogP contribution is -2.31. The van der Waals surface area contributed by atoms with E-state index in [1.165, 1.54) is 10.6 Å². The Labute approximate surface area is 215 Å². The lowest BCUT2D eigenvalue weighted by Gasteiger charge is -2.30. The van der Waals surface area contributed by atoms with Gasteiger partial charge in [-0.3, -0.25) is 9.36 Å². The topological polar surface area (TPSA) is 85.8 Å². The number of rotatable bonds is 4. The molecule has 0 aliphatic rings. The summed E-state index contributed by atoms with van der Waals surface area (Å²) in [5.74, 6) is 2.54. The highest BCUT2D eigenvalue weighted by Crippen LogP contribution is 2.38. The van der Waals surface area contributed by atoms with Gasteiger partial charge in [-0.15, -0.1) is 6.42 Å². The molecule has 0 radical (unpaired) electrons. The van der Waals surface area contributed by atoms with Crippen LogP contribution in [-0.4, -0.2) is 29.2 Å². The summed E-state index contributed by atoms with van der Waals surface area (Å²) in [6.45, 7) is 0. The molecule has 0 saturated heterocycles. The molecule has 4 heterocycles. The number of aromatic nitrogens is 5. The largest absolute Gasteiger partial charge is 0.374 e. The first kappa shape index (κ1) is 23.0. The lowest BCUT2D eigenvalue weighted by atomic mass is 9.84. The second kappa shape index (κ2) is 8.76. The zero-order valence-corrected chi connectivity index (χ0v) is 21.1. The molecule has 35 heavy (non-hydrogen) atoms. The molecule has 5 aromatic rings. The third kappa shape index (κ3) is 3.83. The van der Waals surface area contributed by atoms with Crippen molar-refractivity contribution < 1.29 is 5.11 Å². The summed E-state index contributed by atoms with van der Waals surface area (Å²) in [6.07, 6.45) is 10.4. The van der Waals surface area contributed by atoms with E-state index in [1.54, 1.807) is 48.5 Å². The smallest absolute Gasteiger partial charge is 0.252 e. The molecule has 1 aromatic carbocycles. The molecule has 1 atom stereocenters. The minimum absolute atomic E-state index is 0.222. The first-order valence-corrected chi connectivity index (χ1v) is 11.8. The number of benzene rings is 1. The van der Waals surface area contributed by atoms with Crippen LogP contribution >= 0.6 is 22.6 Å². The maximum atomic E-state index is 12.7. The van der Waals surface area contributed by atoms with Crippen LogP contribution in [-0.2, 0) is 19.7 Å². The van der Waals surface area contributed by atoms with Gasteiger partial charge in [-0.05, 0) is 58.5 Å². The van der Waals surface area contributed by atoms with Gasteiger partial charge in [-0.2, -0.15) is 0 Å². The highest BCUT2D eigenvalue weighted by atomic mass is 127. The Morgan fingerprint density at radius 2 is 1.83 bits per heavy atom. The van der Waals surface area contributed by atoms with Crippen molar-refractivity contribution in [2.24, 2.45) is 14.1 Å². The summed E-state index contributed by atoms with van der Waals surface area (Å²) >= 11 is 2.23. The van der Waals surface area contributed by atoms with Crippen LogP contribution in [0.15, 0.2) is 78.1 Å². The van der Waals surface area contributed by atoms with Gasteiger partial charge >= 0.3 is 0 Å². The number of aryl methyl sites for hydroxylation is 2. The van der Waals surface area contributed by atoms with E-state index in [1.807, 2.05) is 37.4 Å². The van der Waals surface area contributed by atoms with Crippen LogP contribution in [0.2, 0.25) is 0 Å². The molecule has 0 saturated carbocycles. The van der Waals surface area contributed by atoms with Gasteiger partial charge in [0.1, 0.15) is 11.3 Å². The first-order chi connectivity index (χ1) is 16.8. The summed E-state index contributed by atoms with van der Waals surface area (Å²) in [6, 6.07) is 16.4. The van der Waals surface area contributed by atoms with Crippen LogP contribution in [0, 0.1) is 15.9 Å². The SMILES string of the molecule is C#Cc1cccc(-c2cc(=O)n(C)c3ncc([C@](O)(c4ccc(I)cc4)c4cncn4C)cc23)n1. The second-order valence-corrected chi connectivity index (χ2v) is 9.46. The summed E-state index contributed by atoms with van der Waals surface area (Å²) in [5, 5.41) is 13.0. The Hall–Kier alpha value is -3.81. The maximum absolute atomic E-state index is 12.7. The number of fused-ring (bicyclic) bond motifs is 1. The Morgan fingerprint density at radius 1 is 1.06 bits per heavy atom. The van der Waals surface area contributed by atoms with Crippen LogP contribution in [0.25, 0.3) is 22.3 Å². The van der Waals surface area contributed by atoms with Crippen LogP contribution in [0.4, 0.5) is 0 Å². The number of nitrogens with zero attached hydrogens (tertiary/aromatic N) is 5. The van der Waals surface area contributed by atoms with Crippen LogP contribution < -0.4 is 5.56 Å². The fourth-order valence-electron chi connectivity index (χ4n) is 4.26. The van der Waals surface area contributed by atoms with E-state index in [2.05, 4.69) is 43.5 Å². The molecule has 0 bridgehead atoms. The van der Waals surface area contributed by atoms with Crippen molar-refractivity contribution in [2.45, 2.75) is 5.60 Å². The predicted octanol–water partition coefficient (Wildman–Crippen LogP) is 3.60. The van der Waals surface area contributed by atoms with Crippen molar-refractivity contribution in [3.8, 4) is 23.6 Å². The highest BCUT2D eigenvalue weighted by molar-refractivity contribution is 14.1. The normalized spacial score (nSPS) is 12.9. The minimum Gasteiger partial charge on any atom is -0.374 e. The number of imidazole rings is 1. The van der Waals surface area contributed by atoms with Gasteiger partial charge in [-0.25, -0.2) is 15.0 Å². The van der Waals surface area contributed by atoms with Crippen LogP contribution in [0.3, 0.4) is 0 Å². The second-order valence-electron chi connectivity index (χ2n) is 8.21. The Bertz CT molecular complexity index is 1680. The molecule has 172 valence electrons. The molecule has 0 aliphatic carbocycles. The molecule has 8 heteroatoms. The summed E-state index contributed by atoms with van der Waals surface area (Å²) in [5.41, 5.74) is 2.09. The van der Waals surface area contributed by atoms with Gasteiger partial charge in [0.15, 0.2) is 5.60 Å². The van der Waals surface area contributed by atoms with E-state index in [4.69, 9.17) is 6.42 Å². The molecular weight excluding hydrogens is 553 g/mol. The summed E-state index contributed by atoms with van der Waals surface area (Å²) in [7, 11) is 3.50. The van der Waals surface area contributed by atoms with Gasteiger partial charge in [-0.1, -0.05) is 24.1 Å². The molecule has 0 aliphatic heterocycles. The number of hydrogen-bond acceptors (Lipinski definition) is 5. The van der Waals surface area contributed by atoms with E-state index < -0.39 is 5.60 Å². The molecule has 4 aromatic heterocycles. The Balaban J connectivity index is 1.84. The van der Waals surface area contributed by atoms with Crippen molar-refractivity contribution in [3.63, 3.8) is 0 Å². The zero-order valence-electron chi connectivity index (χ0n) is 19.0. The van der Waals surface area contributed by atoms with Gasteiger partial charge < -0.3 is 9.67 Å². The molecular formula is C27H20IN5O2. The van der Waals surface area contributed by atoms with Crippen molar-refractivity contribution in [2.75, 3.05) is 0 Å². The summed E-state index contributed by atoms with van der Waals surface area (Å²) < 4.78 is 4.30. The Kier molecular flexibility index (Phi) is 5.75. The third-order valence-corrected chi connectivity index (χ3v) is 6.83. The maximum Gasteiger partial charge on any atom is 0.252 e. The van der Waals surface area contributed by atoms with Gasteiger partial charge in [0.2, 0.25) is 0 Å². The highest BCUT2D eigenvalue weighted by Gasteiger charge is 2.37. The third-order valence-electron chi connectivity index (χ3n) is 6.11. The van der Waals surface area contributed by atoms with Crippen molar-refractivity contribution >= 4 is 33.6 Å². The number of halogens is 1. The number of hydrogen-bond donors (Lipinski definition) is 1. The first-order valence-electron chi connectivity index (χ1n) is 10.7. The number of pyridine rings is 3. The van der Waals surface area contributed by atoms with Crippen LogP contribution in [0.5, 0.6) is 0 Å². The molecule has 0 fully saturated rings. The quantitative estimate of drug-likeness (QED) is 0.263. The van der Waals surface area contributed by atoms with Crippen molar-refractivity contribution in [1.82, 2.24) is 24.1 Å². The van der Waals surface area contributed by atoms with E-state index in [0.717, 1.165) is 3.57 Å². The molecule has 0 unspecified atom stereocenters. The van der Waals surface area contributed by atoms with E-state index in [0.29, 0.717) is 44.8 Å². The predicted molar refractivity (Wildman–Crippen MR) is 143 cm³/mol. The fourth-order valence-corrected chi connectivity index (χ4v) is 4.62. The molecule has 0 amide bonds. The molecule has 0 spiro atoms. The zero-order chi connectivity index (χ0) is 24.7. The average Bonchev–Trinajstić information content (AvgIpc) is 3.32. The van der Waals surface area contributed by atoms with E-state index >= 15 is 0 Å². The average molecular weight is 573 g/mol. The van der Waals surface area contributed by atoms with Gasteiger partial charge in [0.05, 0.1) is 23.9 Å². The standard InChI is InChI=1S/C27H20IN5O2/c1-4-20-6-5-7-23(31-20)21-13-25(34)33(3)26-22(21)12-18(14-30-26)27(35,24-15-29-16-32(24)2)17-8-10-19(28)11-9-17/h1,5-16,35H,2-3H3/t27-/m1/s1. The van der Waals surface area contributed by atoms with E-state index in [-0.39, 0.29) is 5.56 Å². The van der Waals surface area contributed by atoms with Gasteiger partial charge in [0.25, 0.3) is 5.56 Å². The monoisotopic (exact) mass is 573 g/mol. The fraction of sp³-hybridized carbons (Fsp3) is 0.111. The molecule has 5 rings (SSSR count). The van der Waals surface area contributed by atoms with Crippen molar-refractivity contribution in [1.29, 1.82) is 0 Å². The number of aliphatic hydroxyl groups is 1. The summed E-state index contributed by atoms with van der Waals surface area (Å²) in [4.78, 5) is 26.1. The van der Waals surface area contributed by atoms with E-state index in [9.17, 15) is 9.90 Å². The Morgan fingerprint density at radius 3 is 2.51 bits per heavy atom. The van der Waals surface area contributed by atoms with Crippen molar-refractivity contribution in [3.05, 3.63) is 110 Å².